The van der Waals surface area contributed by atoms with E-state index in [1.165, 1.54) is 39.0 Å². The number of aryl methyl sites for hydroxylation is 3. The van der Waals surface area contributed by atoms with E-state index in [0.717, 1.165) is 0 Å². The standard InChI is InChI=1S/C28H28/c1-20-9-5-13-24(17-20)28(27-16-8-12-23(27)4,25-14-6-10-21(2)18-25)26-15-7-11-22(3)19-26/h5-19,27H,1-4H3. The maximum absolute atomic E-state index is 2.38. The predicted octanol–water partition coefficient (Wildman–Crippen LogP) is 7.08. The van der Waals surface area contributed by atoms with Crippen molar-refractivity contribution in [3.8, 4) is 0 Å². The molecule has 0 N–H and O–H groups in total. The second kappa shape index (κ2) is 7.28. The van der Waals surface area contributed by atoms with Crippen LogP contribution in [-0.2, 0) is 5.41 Å². The van der Waals surface area contributed by atoms with Gasteiger partial charge in [0.1, 0.15) is 0 Å². The number of hydrogen-bond donors (Lipinski definition) is 0. The third-order valence-electron chi connectivity index (χ3n) is 6.04. The lowest BCUT2D eigenvalue weighted by Gasteiger charge is -2.42. The molecule has 0 fully saturated rings. The monoisotopic (exact) mass is 364 g/mol. The molecule has 0 nitrogen and oxygen atoms in total. The molecule has 0 aromatic heterocycles. The Hall–Kier alpha value is -2.86. The van der Waals surface area contributed by atoms with Gasteiger partial charge in [0, 0.05) is 5.92 Å². The van der Waals surface area contributed by atoms with Crippen molar-refractivity contribution in [3.63, 3.8) is 0 Å². The third-order valence-corrected chi connectivity index (χ3v) is 6.04. The Bertz CT molecular complexity index is 954. The fourth-order valence-corrected chi connectivity index (χ4v) is 4.77. The average molecular weight is 365 g/mol. The molecule has 0 radical (unpaired) electrons. The van der Waals surface area contributed by atoms with Crippen LogP contribution < -0.4 is 0 Å². The summed E-state index contributed by atoms with van der Waals surface area (Å²) in [5.74, 6) is 0.290. The predicted molar refractivity (Wildman–Crippen MR) is 120 cm³/mol. The first-order valence-electron chi connectivity index (χ1n) is 10.1. The zero-order chi connectivity index (χ0) is 19.7. The van der Waals surface area contributed by atoms with Crippen molar-refractivity contribution < 1.29 is 0 Å². The van der Waals surface area contributed by atoms with Crippen LogP contribution in [0.15, 0.2) is 96.6 Å². The summed E-state index contributed by atoms with van der Waals surface area (Å²) in [6.45, 7) is 8.83. The summed E-state index contributed by atoms with van der Waals surface area (Å²) in [4.78, 5) is 0. The van der Waals surface area contributed by atoms with E-state index < -0.39 is 0 Å². The summed E-state index contributed by atoms with van der Waals surface area (Å²) in [7, 11) is 0. The van der Waals surface area contributed by atoms with Crippen LogP contribution in [0.3, 0.4) is 0 Å². The molecule has 0 heteroatoms. The Labute approximate surface area is 169 Å². The first-order valence-corrected chi connectivity index (χ1v) is 10.1. The zero-order valence-corrected chi connectivity index (χ0v) is 17.2. The van der Waals surface area contributed by atoms with Crippen molar-refractivity contribution in [1.29, 1.82) is 0 Å². The van der Waals surface area contributed by atoms with Gasteiger partial charge in [-0.3, -0.25) is 0 Å². The fraction of sp³-hybridized carbons (Fsp3) is 0.214. The first kappa shape index (κ1) is 18.5. The topological polar surface area (TPSA) is 0 Å². The zero-order valence-electron chi connectivity index (χ0n) is 17.2. The van der Waals surface area contributed by atoms with E-state index in [-0.39, 0.29) is 11.3 Å². The smallest absolute Gasteiger partial charge is 0.0551 e. The van der Waals surface area contributed by atoms with Gasteiger partial charge in [0.05, 0.1) is 5.41 Å². The van der Waals surface area contributed by atoms with Crippen molar-refractivity contribution in [2.75, 3.05) is 0 Å². The fourth-order valence-electron chi connectivity index (χ4n) is 4.77. The molecule has 1 aliphatic rings. The Balaban J connectivity index is 2.14. The SMILES string of the molecule is CC1=CC=CC1C(c1cccc(C)c1)(c1cccc(C)c1)c1cccc(C)c1. The van der Waals surface area contributed by atoms with Gasteiger partial charge < -0.3 is 0 Å². The summed E-state index contributed by atoms with van der Waals surface area (Å²) < 4.78 is 0. The van der Waals surface area contributed by atoms with E-state index in [1.54, 1.807) is 0 Å². The van der Waals surface area contributed by atoms with E-state index in [9.17, 15) is 0 Å². The summed E-state index contributed by atoms with van der Waals surface area (Å²) in [6, 6.07) is 27.2. The van der Waals surface area contributed by atoms with Gasteiger partial charge in [0.15, 0.2) is 0 Å². The number of allylic oxidation sites excluding steroid dienone is 4. The van der Waals surface area contributed by atoms with Crippen molar-refractivity contribution in [3.05, 3.63) is 130 Å². The highest BCUT2D eigenvalue weighted by Gasteiger charge is 2.44. The molecule has 1 unspecified atom stereocenters. The molecule has 1 aliphatic carbocycles. The summed E-state index contributed by atoms with van der Waals surface area (Å²) in [5.41, 5.74) is 9.11. The molecule has 4 rings (SSSR count). The molecule has 0 heterocycles. The Morgan fingerprint density at radius 1 is 0.607 bits per heavy atom. The molecule has 0 amide bonds. The van der Waals surface area contributed by atoms with Gasteiger partial charge in [-0.15, -0.1) is 0 Å². The maximum Gasteiger partial charge on any atom is 0.0551 e. The van der Waals surface area contributed by atoms with Crippen LogP contribution in [0.4, 0.5) is 0 Å². The van der Waals surface area contributed by atoms with Gasteiger partial charge in [-0.05, 0) is 44.4 Å². The van der Waals surface area contributed by atoms with Gasteiger partial charge in [-0.25, -0.2) is 0 Å². The molecular weight excluding hydrogens is 336 g/mol. The molecule has 0 aliphatic heterocycles. The van der Waals surface area contributed by atoms with Gasteiger partial charge >= 0.3 is 0 Å². The van der Waals surface area contributed by atoms with Crippen LogP contribution in [0.1, 0.15) is 40.3 Å². The summed E-state index contributed by atoms with van der Waals surface area (Å²) in [6.07, 6.45) is 6.86. The van der Waals surface area contributed by atoms with Gasteiger partial charge in [0.25, 0.3) is 0 Å². The van der Waals surface area contributed by atoms with E-state index >= 15 is 0 Å². The minimum atomic E-state index is -0.252. The normalized spacial score (nSPS) is 16.3. The highest BCUT2D eigenvalue weighted by Crippen LogP contribution is 2.50. The molecule has 0 saturated heterocycles. The first-order chi connectivity index (χ1) is 13.5. The quantitative estimate of drug-likeness (QED) is 0.434. The lowest BCUT2D eigenvalue weighted by molar-refractivity contribution is 0.506. The lowest BCUT2D eigenvalue weighted by Crippen LogP contribution is -2.37. The molecule has 1 atom stereocenters. The lowest BCUT2D eigenvalue weighted by atomic mass is 9.60. The van der Waals surface area contributed by atoms with Crippen LogP contribution in [0.2, 0.25) is 0 Å². The molecule has 0 spiro atoms. The van der Waals surface area contributed by atoms with E-state index in [2.05, 4.69) is 119 Å². The Morgan fingerprint density at radius 2 is 1.04 bits per heavy atom. The van der Waals surface area contributed by atoms with Crippen molar-refractivity contribution in [2.45, 2.75) is 33.1 Å². The average Bonchev–Trinajstić information content (AvgIpc) is 3.09. The summed E-state index contributed by atoms with van der Waals surface area (Å²) in [5, 5.41) is 0. The second-order valence-electron chi connectivity index (χ2n) is 8.19. The second-order valence-corrected chi connectivity index (χ2v) is 8.19. The molecule has 0 bridgehead atoms. The minimum Gasteiger partial charge on any atom is -0.0758 e. The number of rotatable bonds is 4. The summed E-state index contributed by atoms with van der Waals surface area (Å²) >= 11 is 0. The van der Waals surface area contributed by atoms with Gasteiger partial charge in [0.2, 0.25) is 0 Å². The molecule has 0 saturated carbocycles. The molecule has 140 valence electrons. The van der Waals surface area contributed by atoms with Crippen LogP contribution >= 0.6 is 0 Å². The molecule has 3 aromatic rings. The third kappa shape index (κ3) is 3.03. The number of hydrogen-bond acceptors (Lipinski definition) is 0. The van der Waals surface area contributed by atoms with Crippen LogP contribution in [-0.4, -0.2) is 0 Å². The Morgan fingerprint density at radius 3 is 1.36 bits per heavy atom. The highest BCUT2D eigenvalue weighted by molar-refractivity contribution is 5.57. The maximum atomic E-state index is 2.38. The Kier molecular flexibility index (Phi) is 4.81. The van der Waals surface area contributed by atoms with E-state index in [0.29, 0.717) is 0 Å². The van der Waals surface area contributed by atoms with Gasteiger partial charge in [-0.2, -0.15) is 0 Å². The molecular formula is C28H28. The van der Waals surface area contributed by atoms with E-state index in [4.69, 9.17) is 0 Å². The molecule has 28 heavy (non-hydrogen) atoms. The largest absolute Gasteiger partial charge is 0.0758 e. The van der Waals surface area contributed by atoms with Crippen molar-refractivity contribution in [2.24, 2.45) is 5.92 Å². The molecule has 3 aromatic carbocycles. The van der Waals surface area contributed by atoms with Crippen molar-refractivity contribution in [1.82, 2.24) is 0 Å². The number of benzene rings is 3. The van der Waals surface area contributed by atoms with Crippen molar-refractivity contribution >= 4 is 0 Å². The van der Waals surface area contributed by atoms with Gasteiger partial charge in [-0.1, -0.05) is 113 Å². The highest BCUT2D eigenvalue weighted by atomic mass is 14.5. The van der Waals surface area contributed by atoms with Crippen LogP contribution in [0.25, 0.3) is 0 Å². The van der Waals surface area contributed by atoms with Crippen LogP contribution in [0, 0.1) is 26.7 Å². The minimum absolute atomic E-state index is 0.252. The van der Waals surface area contributed by atoms with E-state index in [1.807, 2.05) is 0 Å². The van der Waals surface area contributed by atoms with Crippen LogP contribution in [0.5, 0.6) is 0 Å².